The lowest BCUT2D eigenvalue weighted by Gasteiger charge is -2.42. The van der Waals surface area contributed by atoms with Crippen molar-refractivity contribution in [2.45, 2.75) is 39.3 Å². The highest BCUT2D eigenvalue weighted by atomic mass is 16.2. The Balaban J connectivity index is 2.09. The van der Waals surface area contributed by atoms with Gasteiger partial charge in [-0.2, -0.15) is 0 Å². The Hall–Kier alpha value is -0.610. The summed E-state index contributed by atoms with van der Waals surface area (Å²) in [6.45, 7) is 9.06. The predicted octanol–water partition coefficient (Wildman–Crippen LogP) is 0.886. The Morgan fingerprint density at radius 3 is 2.94 bits per heavy atom. The highest BCUT2D eigenvalue weighted by Gasteiger charge is 2.33. The predicted molar refractivity (Wildman–Crippen MR) is 68.6 cm³/mol. The van der Waals surface area contributed by atoms with Gasteiger partial charge in [0.2, 0.25) is 5.91 Å². The van der Waals surface area contributed by atoms with E-state index in [2.05, 4.69) is 22.0 Å². The van der Waals surface area contributed by atoms with E-state index in [0.29, 0.717) is 12.1 Å². The Morgan fingerprint density at radius 1 is 1.35 bits per heavy atom. The lowest BCUT2D eigenvalue weighted by molar-refractivity contribution is -0.141. The van der Waals surface area contributed by atoms with Crippen LogP contribution in [-0.4, -0.2) is 54.6 Å². The number of piperidine rings is 1. The number of hydrogen-bond acceptors (Lipinski definition) is 3. The van der Waals surface area contributed by atoms with Crippen LogP contribution in [-0.2, 0) is 4.79 Å². The Kier molecular flexibility index (Phi) is 4.40. The molecule has 2 atom stereocenters. The van der Waals surface area contributed by atoms with Crippen molar-refractivity contribution in [3.8, 4) is 0 Å². The summed E-state index contributed by atoms with van der Waals surface area (Å²) >= 11 is 0. The molecule has 0 aliphatic carbocycles. The Morgan fingerprint density at radius 2 is 2.18 bits per heavy atom. The fourth-order valence-corrected chi connectivity index (χ4v) is 2.99. The summed E-state index contributed by atoms with van der Waals surface area (Å²) < 4.78 is 0. The second-order valence-corrected chi connectivity index (χ2v) is 5.24. The lowest BCUT2D eigenvalue weighted by atomic mass is 10.0. The van der Waals surface area contributed by atoms with Crippen LogP contribution in [0.15, 0.2) is 0 Å². The quantitative estimate of drug-likeness (QED) is 0.777. The summed E-state index contributed by atoms with van der Waals surface area (Å²) in [6.07, 6.45) is 4.03. The number of rotatable bonds is 2. The molecule has 1 N–H and O–H groups in total. The maximum absolute atomic E-state index is 12.4. The van der Waals surface area contributed by atoms with Gasteiger partial charge >= 0.3 is 0 Å². The summed E-state index contributed by atoms with van der Waals surface area (Å²) in [5.74, 6) is 0.457. The number of likely N-dealkylation sites (tertiary alicyclic amines) is 1. The highest BCUT2D eigenvalue weighted by Crippen LogP contribution is 2.22. The number of nitrogens with one attached hydrogen (secondary N) is 1. The van der Waals surface area contributed by atoms with Crippen molar-refractivity contribution in [2.24, 2.45) is 5.92 Å². The van der Waals surface area contributed by atoms with Gasteiger partial charge in [-0.15, -0.1) is 0 Å². The molecule has 2 aliphatic rings. The van der Waals surface area contributed by atoms with Crippen LogP contribution >= 0.6 is 0 Å². The monoisotopic (exact) mass is 239 g/mol. The number of amides is 1. The summed E-state index contributed by atoms with van der Waals surface area (Å²) in [5.41, 5.74) is 0. The van der Waals surface area contributed by atoms with E-state index < -0.39 is 0 Å². The van der Waals surface area contributed by atoms with Gasteiger partial charge in [0.1, 0.15) is 0 Å². The van der Waals surface area contributed by atoms with Crippen LogP contribution in [0.1, 0.15) is 33.1 Å². The van der Waals surface area contributed by atoms with Crippen molar-refractivity contribution in [2.75, 3.05) is 32.7 Å². The van der Waals surface area contributed by atoms with Gasteiger partial charge in [-0.25, -0.2) is 0 Å². The first-order valence-corrected chi connectivity index (χ1v) is 6.99. The van der Waals surface area contributed by atoms with Gasteiger partial charge in [-0.1, -0.05) is 13.8 Å². The topological polar surface area (TPSA) is 35.6 Å². The number of nitrogens with zero attached hydrogens (tertiary/aromatic N) is 2. The third-order valence-electron chi connectivity index (χ3n) is 4.03. The van der Waals surface area contributed by atoms with Gasteiger partial charge in [0, 0.05) is 32.1 Å². The molecule has 98 valence electrons. The summed E-state index contributed by atoms with van der Waals surface area (Å²) in [6, 6.07) is 0. The van der Waals surface area contributed by atoms with Gasteiger partial charge in [-0.3, -0.25) is 9.69 Å². The molecule has 2 aliphatic heterocycles. The minimum Gasteiger partial charge on any atom is -0.325 e. The molecule has 0 aromatic rings. The average molecular weight is 239 g/mol. The molecule has 0 radical (unpaired) electrons. The van der Waals surface area contributed by atoms with E-state index in [0.717, 1.165) is 39.1 Å². The molecule has 2 fully saturated rings. The zero-order valence-corrected chi connectivity index (χ0v) is 11.1. The zero-order chi connectivity index (χ0) is 12.3. The van der Waals surface area contributed by atoms with Gasteiger partial charge in [0.15, 0.2) is 0 Å². The second-order valence-electron chi connectivity index (χ2n) is 5.24. The highest BCUT2D eigenvalue weighted by molar-refractivity contribution is 5.79. The summed E-state index contributed by atoms with van der Waals surface area (Å²) in [5, 5.41) is 3.35. The van der Waals surface area contributed by atoms with E-state index in [9.17, 15) is 4.79 Å². The fraction of sp³-hybridized carbons (Fsp3) is 0.923. The van der Waals surface area contributed by atoms with Crippen molar-refractivity contribution >= 4 is 5.91 Å². The smallest absolute Gasteiger partial charge is 0.227 e. The van der Waals surface area contributed by atoms with Crippen molar-refractivity contribution in [3.63, 3.8) is 0 Å². The summed E-state index contributed by atoms with van der Waals surface area (Å²) in [7, 11) is 0. The molecule has 0 aromatic heterocycles. The molecule has 2 heterocycles. The number of hydrogen-bond donors (Lipinski definition) is 1. The minimum absolute atomic E-state index is 0.123. The van der Waals surface area contributed by atoms with Crippen LogP contribution in [0.4, 0.5) is 0 Å². The normalized spacial score (nSPS) is 32.6. The van der Waals surface area contributed by atoms with E-state index in [-0.39, 0.29) is 5.92 Å². The molecule has 2 saturated heterocycles. The second kappa shape index (κ2) is 5.83. The molecule has 0 spiro atoms. The van der Waals surface area contributed by atoms with Crippen molar-refractivity contribution < 1.29 is 4.79 Å². The van der Waals surface area contributed by atoms with Gasteiger partial charge in [-0.05, 0) is 25.8 Å². The van der Waals surface area contributed by atoms with Crippen molar-refractivity contribution in [3.05, 3.63) is 0 Å². The van der Waals surface area contributed by atoms with Crippen LogP contribution < -0.4 is 5.32 Å². The van der Waals surface area contributed by atoms with Gasteiger partial charge in [0.05, 0.1) is 6.17 Å². The molecule has 17 heavy (non-hydrogen) atoms. The standard InChI is InChI=1S/C13H25N3O/c1-3-15-8-5-4-6-12(15)16-9-7-14-10-11(2)13(16)17/h11-12,14H,3-10H2,1-2H3. The Bertz CT molecular complexity index is 269. The molecular weight excluding hydrogens is 214 g/mol. The maximum atomic E-state index is 12.4. The number of carbonyl (C=O) groups is 1. The molecule has 2 unspecified atom stereocenters. The van der Waals surface area contributed by atoms with E-state index in [1.54, 1.807) is 0 Å². The Labute approximate surface area is 104 Å². The third-order valence-corrected chi connectivity index (χ3v) is 4.03. The van der Waals surface area contributed by atoms with Crippen LogP contribution in [0, 0.1) is 5.92 Å². The molecule has 0 saturated carbocycles. The molecule has 0 bridgehead atoms. The first-order chi connectivity index (χ1) is 8.24. The average Bonchev–Trinajstić information content (AvgIpc) is 2.53. The molecule has 2 rings (SSSR count). The maximum Gasteiger partial charge on any atom is 0.227 e. The van der Waals surface area contributed by atoms with Crippen molar-refractivity contribution in [1.29, 1.82) is 0 Å². The largest absolute Gasteiger partial charge is 0.325 e. The fourth-order valence-electron chi connectivity index (χ4n) is 2.99. The van der Waals surface area contributed by atoms with Gasteiger partial charge < -0.3 is 10.2 Å². The molecule has 4 nitrogen and oxygen atoms in total. The van der Waals surface area contributed by atoms with Crippen LogP contribution in [0.25, 0.3) is 0 Å². The van der Waals surface area contributed by atoms with Gasteiger partial charge in [0.25, 0.3) is 0 Å². The molecule has 0 aromatic carbocycles. The first-order valence-electron chi connectivity index (χ1n) is 6.99. The van der Waals surface area contributed by atoms with Crippen molar-refractivity contribution in [1.82, 2.24) is 15.1 Å². The first kappa shape index (κ1) is 12.8. The van der Waals surface area contributed by atoms with E-state index in [1.807, 2.05) is 6.92 Å². The van der Waals surface area contributed by atoms with E-state index in [1.165, 1.54) is 12.8 Å². The zero-order valence-electron chi connectivity index (χ0n) is 11.1. The molecular formula is C13H25N3O. The molecule has 4 heteroatoms. The lowest BCUT2D eigenvalue weighted by Crippen LogP contribution is -2.54. The SMILES string of the molecule is CCN1CCCCC1N1CCNCC(C)C1=O. The van der Waals surface area contributed by atoms with Crippen LogP contribution in [0.5, 0.6) is 0 Å². The van der Waals surface area contributed by atoms with Crippen LogP contribution in [0.3, 0.4) is 0 Å². The van der Waals surface area contributed by atoms with E-state index >= 15 is 0 Å². The van der Waals surface area contributed by atoms with E-state index in [4.69, 9.17) is 0 Å². The number of carbonyl (C=O) groups excluding carboxylic acids is 1. The molecule has 1 amide bonds. The van der Waals surface area contributed by atoms with Crippen LogP contribution in [0.2, 0.25) is 0 Å². The minimum atomic E-state index is 0.123. The third kappa shape index (κ3) is 2.80. The summed E-state index contributed by atoms with van der Waals surface area (Å²) in [4.78, 5) is 16.9.